The zero-order valence-corrected chi connectivity index (χ0v) is 19.8. The van der Waals surface area contributed by atoms with E-state index in [0.717, 1.165) is 22.5 Å². The van der Waals surface area contributed by atoms with Gasteiger partial charge in [0.25, 0.3) is 5.91 Å². The number of para-hydroxylation sites is 2. The Morgan fingerprint density at radius 1 is 0.800 bits per heavy atom. The summed E-state index contributed by atoms with van der Waals surface area (Å²) in [6.07, 6.45) is 0. The topological polar surface area (TPSA) is 67.8 Å². The number of hydrogen-bond acceptors (Lipinski definition) is 6. The summed E-state index contributed by atoms with van der Waals surface area (Å²) in [4.78, 5) is 16.7. The molecule has 1 aromatic heterocycles. The van der Waals surface area contributed by atoms with Crippen molar-refractivity contribution >= 4 is 22.5 Å². The Kier molecular flexibility index (Phi) is 6.75. The summed E-state index contributed by atoms with van der Waals surface area (Å²) in [5, 5.41) is 11.3. The number of carbonyl (C=O) groups excluding carboxylic acids is 1. The van der Waals surface area contributed by atoms with E-state index in [2.05, 4.69) is 39.4 Å². The Morgan fingerprint density at radius 2 is 1.51 bits per heavy atom. The molecule has 0 spiro atoms. The number of ether oxygens (including phenoxy) is 2. The van der Waals surface area contributed by atoms with E-state index < -0.39 is 0 Å². The van der Waals surface area contributed by atoms with Gasteiger partial charge in [-0.3, -0.25) is 4.79 Å². The quantitative estimate of drug-likeness (QED) is 0.400. The summed E-state index contributed by atoms with van der Waals surface area (Å²) < 4.78 is 11.3. The number of hydrogen-bond donors (Lipinski definition) is 0. The van der Waals surface area contributed by atoms with Gasteiger partial charge in [-0.25, -0.2) is 0 Å². The lowest BCUT2D eigenvalue weighted by atomic mass is 10.0. The number of carbonyl (C=O) groups is 1. The van der Waals surface area contributed by atoms with Gasteiger partial charge in [-0.15, -0.1) is 10.2 Å². The third-order valence-corrected chi connectivity index (χ3v) is 6.17. The standard InChI is InChI=1S/C28H28N4O3/c1-2-34-25-12-5-6-13-26(25)35-20-28(33)32-18-16-31(17-19-32)27-15-14-24(29-30-27)23-11-7-9-21-8-3-4-10-22(21)23/h3-15H,2,16-20H2,1H3. The van der Waals surface area contributed by atoms with Gasteiger partial charge in [-0.05, 0) is 42.0 Å². The van der Waals surface area contributed by atoms with E-state index >= 15 is 0 Å². The van der Waals surface area contributed by atoms with Crippen LogP contribution in [0.4, 0.5) is 5.82 Å². The molecule has 1 saturated heterocycles. The van der Waals surface area contributed by atoms with E-state index in [9.17, 15) is 4.79 Å². The number of rotatable bonds is 7. The van der Waals surface area contributed by atoms with E-state index in [-0.39, 0.29) is 12.5 Å². The predicted octanol–water partition coefficient (Wildman–Crippen LogP) is 4.42. The van der Waals surface area contributed by atoms with Gasteiger partial charge in [-0.2, -0.15) is 0 Å². The third kappa shape index (κ3) is 5.04. The molecule has 1 aliphatic heterocycles. The van der Waals surface area contributed by atoms with Crippen LogP contribution in [0.2, 0.25) is 0 Å². The molecule has 0 radical (unpaired) electrons. The molecule has 1 aliphatic rings. The molecule has 5 rings (SSSR count). The Bertz CT molecular complexity index is 1300. The van der Waals surface area contributed by atoms with Crippen molar-refractivity contribution in [2.24, 2.45) is 0 Å². The Morgan fingerprint density at radius 3 is 2.26 bits per heavy atom. The molecule has 0 N–H and O–H groups in total. The fourth-order valence-electron chi connectivity index (χ4n) is 4.35. The van der Waals surface area contributed by atoms with Crippen LogP contribution in [0.1, 0.15) is 6.92 Å². The molecular formula is C28H28N4O3. The highest BCUT2D eigenvalue weighted by Crippen LogP contribution is 2.28. The van der Waals surface area contributed by atoms with Crippen LogP contribution in [0.25, 0.3) is 22.0 Å². The maximum absolute atomic E-state index is 12.7. The molecule has 4 aromatic rings. The zero-order chi connectivity index (χ0) is 24.0. The van der Waals surface area contributed by atoms with Crippen LogP contribution >= 0.6 is 0 Å². The van der Waals surface area contributed by atoms with E-state index in [0.29, 0.717) is 44.3 Å². The van der Waals surface area contributed by atoms with Crippen molar-refractivity contribution in [3.63, 3.8) is 0 Å². The average molecular weight is 469 g/mol. The molecule has 1 amide bonds. The van der Waals surface area contributed by atoms with Crippen LogP contribution in [0, 0.1) is 0 Å². The molecule has 2 heterocycles. The first-order valence-electron chi connectivity index (χ1n) is 11.9. The van der Waals surface area contributed by atoms with Crippen molar-refractivity contribution in [3.05, 3.63) is 78.9 Å². The summed E-state index contributed by atoms with van der Waals surface area (Å²) in [7, 11) is 0. The van der Waals surface area contributed by atoms with Crippen molar-refractivity contribution < 1.29 is 14.3 Å². The van der Waals surface area contributed by atoms with E-state index in [4.69, 9.17) is 9.47 Å². The van der Waals surface area contributed by atoms with E-state index in [1.807, 2.05) is 66.4 Å². The summed E-state index contributed by atoms with van der Waals surface area (Å²) >= 11 is 0. The molecule has 7 nitrogen and oxygen atoms in total. The normalized spacial score (nSPS) is 13.6. The number of amides is 1. The highest BCUT2D eigenvalue weighted by atomic mass is 16.5. The largest absolute Gasteiger partial charge is 0.490 e. The van der Waals surface area contributed by atoms with Gasteiger partial charge in [0.1, 0.15) is 0 Å². The number of benzene rings is 3. The molecule has 0 saturated carbocycles. The Balaban J connectivity index is 1.18. The van der Waals surface area contributed by atoms with E-state index in [1.165, 1.54) is 5.39 Å². The van der Waals surface area contributed by atoms with E-state index in [1.54, 1.807) is 0 Å². The molecule has 0 atom stereocenters. The van der Waals surface area contributed by atoms with Gasteiger partial charge < -0.3 is 19.3 Å². The van der Waals surface area contributed by atoms with Crippen molar-refractivity contribution in [1.82, 2.24) is 15.1 Å². The number of anilines is 1. The summed E-state index contributed by atoms with van der Waals surface area (Å²) in [5.74, 6) is 2.03. The average Bonchev–Trinajstić information content (AvgIpc) is 2.92. The van der Waals surface area contributed by atoms with Gasteiger partial charge in [0.05, 0.1) is 12.3 Å². The summed E-state index contributed by atoms with van der Waals surface area (Å²) in [6.45, 7) is 5.08. The highest BCUT2D eigenvalue weighted by molar-refractivity contribution is 5.95. The smallest absolute Gasteiger partial charge is 0.260 e. The molecule has 0 aliphatic carbocycles. The minimum absolute atomic E-state index is 0.0103. The van der Waals surface area contributed by atoms with Crippen LogP contribution in [0.3, 0.4) is 0 Å². The monoisotopic (exact) mass is 468 g/mol. The molecule has 0 bridgehead atoms. The van der Waals surface area contributed by atoms with Crippen molar-refractivity contribution in [3.8, 4) is 22.8 Å². The molecule has 178 valence electrons. The zero-order valence-electron chi connectivity index (χ0n) is 19.8. The second-order valence-electron chi connectivity index (χ2n) is 8.34. The van der Waals surface area contributed by atoms with Crippen LogP contribution in [-0.4, -0.2) is 60.4 Å². The Labute approximate surface area is 204 Å². The van der Waals surface area contributed by atoms with Gasteiger partial charge >= 0.3 is 0 Å². The Hall–Kier alpha value is -4.13. The van der Waals surface area contributed by atoms with Crippen molar-refractivity contribution in [2.75, 3.05) is 44.3 Å². The fraction of sp³-hybridized carbons (Fsp3) is 0.250. The first kappa shape index (κ1) is 22.7. The van der Waals surface area contributed by atoms with Crippen LogP contribution in [-0.2, 0) is 4.79 Å². The molecular weight excluding hydrogens is 440 g/mol. The lowest BCUT2D eigenvalue weighted by Gasteiger charge is -2.35. The lowest BCUT2D eigenvalue weighted by Crippen LogP contribution is -2.50. The second kappa shape index (κ2) is 10.4. The molecule has 7 heteroatoms. The lowest BCUT2D eigenvalue weighted by molar-refractivity contribution is -0.133. The summed E-state index contributed by atoms with van der Waals surface area (Å²) in [5.41, 5.74) is 1.92. The maximum atomic E-state index is 12.7. The number of fused-ring (bicyclic) bond motifs is 1. The van der Waals surface area contributed by atoms with Crippen molar-refractivity contribution in [1.29, 1.82) is 0 Å². The van der Waals surface area contributed by atoms with Crippen LogP contribution in [0.5, 0.6) is 11.5 Å². The first-order valence-corrected chi connectivity index (χ1v) is 11.9. The van der Waals surface area contributed by atoms with Crippen LogP contribution in [0.15, 0.2) is 78.9 Å². The number of aromatic nitrogens is 2. The van der Waals surface area contributed by atoms with Gasteiger partial charge in [-0.1, -0.05) is 54.6 Å². The SMILES string of the molecule is CCOc1ccccc1OCC(=O)N1CCN(c2ccc(-c3cccc4ccccc34)nn2)CC1. The first-order chi connectivity index (χ1) is 17.2. The second-order valence-corrected chi connectivity index (χ2v) is 8.34. The van der Waals surface area contributed by atoms with Gasteiger partial charge in [0.2, 0.25) is 0 Å². The molecule has 0 unspecified atom stereocenters. The van der Waals surface area contributed by atoms with Gasteiger partial charge in [0.15, 0.2) is 23.9 Å². The minimum Gasteiger partial charge on any atom is -0.490 e. The third-order valence-electron chi connectivity index (χ3n) is 6.17. The fourth-order valence-corrected chi connectivity index (χ4v) is 4.35. The number of piperazine rings is 1. The maximum Gasteiger partial charge on any atom is 0.260 e. The highest BCUT2D eigenvalue weighted by Gasteiger charge is 2.23. The van der Waals surface area contributed by atoms with Crippen LogP contribution < -0.4 is 14.4 Å². The molecule has 1 fully saturated rings. The minimum atomic E-state index is -0.0339. The van der Waals surface area contributed by atoms with Crippen molar-refractivity contribution in [2.45, 2.75) is 6.92 Å². The van der Waals surface area contributed by atoms with Gasteiger partial charge in [0, 0.05) is 31.7 Å². The summed E-state index contributed by atoms with van der Waals surface area (Å²) in [6, 6.07) is 25.9. The predicted molar refractivity (Wildman–Crippen MR) is 137 cm³/mol. The number of nitrogens with zero attached hydrogens (tertiary/aromatic N) is 4. The molecule has 35 heavy (non-hydrogen) atoms. The molecule has 3 aromatic carbocycles.